The van der Waals surface area contributed by atoms with E-state index in [-0.39, 0.29) is 23.9 Å². The maximum Gasteiger partial charge on any atom is 0.303 e. The highest BCUT2D eigenvalue weighted by Gasteiger charge is 2.31. The Morgan fingerprint density at radius 1 is 1.40 bits per heavy atom. The molecule has 2 heterocycles. The van der Waals surface area contributed by atoms with Gasteiger partial charge in [0.1, 0.15) is 23.5 Å². The molecule has 0 saturated carbocycles. The van der Waals surface area contributed by atoms with Crippen molar-refractivity contribution in [2.45, 2.75) is 45.6 Å². The van der Waals surface area contributed by atoms with Crippen molar-refractivity contribution in [2.75, 3.05) is 31.9 Å². The zero-order valence-electron chi connectivity index (χ0n) is 15.3. The lowest BCUT2D eigenvalue weighted by atomic mass is 10.2. The molecule has 1 fully saturated rings. The number of hydrogen-bond donors (Lipinski definition) is 0. The summed E-state index contributed by atoms with van der Waals surface area (Å²) in [4.78, 5) is 27.6. The first-order valence-electron chi connectivity index (χ1n) is 8.90. The Kier molecular flexibility index (Phi) is 7.84. The highest BCUT2D eigenvalue weighted by Crippen LogP contribution is 2.38. The number of hydrogen-bond acceptors (Lipinski definition) is 6. The van der Waals surface area contributed by atoms with Crippen LogP contribution in [0.5, 0.6) is 0 Å². The summed E-state index contributed by atoms with van der Waals surface area (Å²) >= 11 is 1.73. The molecule has 0 aromatic carbocycles. The van der Waals surface area contributed by atoms with Gasteiger partial charge in [-0.25, -0.2) is 0 Å². The van der Waals surface area contributed by atoms with Gasteiger partial charge in [0.05, 0.1) is 0 Å². The van der Waals surface area contributed by atoms with Crippen LogP contribution in [0, 0.1) is 0 Å². The number of rotatable bonds is 9. The van der Waals surface area contributed by atoms with Gasteiger partial charge in [-0.3, -0.25) is 9.59 Å². The fourth-order valence-electron chi connectivity index (χ4n) is 2.88. The Hall–Kier alpha value is -1.47. The third-order valence-corrected chi connectivity index (χ3v) is 5.55. The molecule has 140 valence electrons. The van der Waals surface area contributed by atoms with E-state index in [4.69, 9.17) is 9.15 Å². The Balaban J connectivity index is 1.98. The van der Waals surface area contributed by atoms with Gasteiger partial charge in [-0.1, -0.05) is 13.8 Å². The standard InChI is InChI=1S/C18H28N2O4S/c1-4-19(5-2)10-6-11-20-17(22)9-12-25-18(20)16-8-7-15(24-16)13-23-14(3)21/h7-8,18H,4-6,9-13H2,1-3H3. The van der Waals surface area contributed by atoms with Gasteiger partial charge in [-0.05, 0) is 38.2 Å². The van der Waals surface area contributed by atoms with E-state index in [9.17, 15) is 9.59 Å². The number of thioether (sulfide) groups is 1. The molecule has 1 aliphatic heterocycles. The van der Waals surface area contributed by atoms with E-state index in [1.807, 2.05) is 17.0 Å². The topological polar surface area (TPSA) is 63.0 Å². The molecule has 1 aromatic heterocycles. The molecule has 7 heteroatoms. The number of nitrogens with zero attached hydrogens (tertiary/aromatic N) is 2. The summed E-state index contributed by atoms with van der Waals surface area (Å²) in [6.45, 7) is 9.58. The molecule has 1 unspecified atom stereocenters. The lowest BCUT2D eigenvalue weighted by Crippen LogP contribution is -2.39. The Morgan fingerprint density at radius 3 is 2.84 bits per heavy atom. The van der Waals surface area contributed by atoms with Crippen molar-refractivity contribution in [2.24, 2.45) is 0 Å². The van der Waals surface area contributed by atoms with Crippen LogP contribution in [0.15, 0.2) is 16.5 Å². The number of amides is 1. The SMILES string of the molecule is CCN(CC)CCCN1C(=O)CCSC1c1ccc(COC(C)=O)o1. The first kappa shape index (κ1) is 19.8. The van der Waals surface area contributed by atoms with E-state index < -0.39 is 0 Å². The summed E-state index contributed by atoms with van der Waals surface area (Å²) in [5, 5.41) is -0.0935. The number of carbonyl (C=O) groups excluding carboxylic acids is 2. The van der Waals surface area contributed by atoms with Gasteiger partial charge >= 0.3 is 5.97 Å². The second-order valence-corrected chi connectivity index (χ2v) is 7.21. The Bertz CT molecular complexity index is 571. The van der Waals surface area contributed by atoms with Crippen molar-refractivity contribution in [1.82, 2.24) is 9.80 Å². The monoisotopic (exact) mass is 368 g/mol. The lowest BCUT2D eigenvalue weighted by Gasteiger charge is -2.34. The van der Waals surface area contributed by atoms with Gasteiger partial charge in [0.15, 0.2) is 0 Å². The predicted octanol–water partition coefficient (Wildman–Crippen LogP) is 3.04. The van der Waals surface area contributed by atoms with Gasteiger partial charge in [-0.15, -0.1) is 11.8 Å². The second-order valence-electron chi connectivity index (χ2n) is 6.03. The van der Waals surface area contributed by atoms with Crippen LogP contribution >= 0.6 is 11.8 Å². The van der Waals surface area contributed by atoms with Gasteiger partial charge in [0.25, 0.3) is 0 Å². The molecule has 0 radical (unpaired) electrons. The molecule has 0 bridgehead atoms. The van der Waals surface area contributed by atoms with E-state index in [0.29, 0.717) is 12.2 Å². The normalized spacial score (nSPS) is 18.0. The smallest absolute Gasteiger partial charge is 0.303 e. The Morgan fingerprint density at radius 2 is 2.16 bits per heavy atom. The number of carbonyl (C=O) groups is 2. The predicted molar refractivity (Wildman–Crippen MR) is 98.1 cm³/mol. The third-order valence-electron chi connectivity index (χ3n) is 4.31. The van der Waals surface area contributed by atoms with E-state index >= 15 is 0 Å². The van der Waals surface area contributed by atoms with Crippen LogP contribution in [-0.2, 0) is 20.9 Å². The third kappa shape index (κ3) is 5.78. The average Bonchev–Trinajstić information content (AvgIpc) is 3.07. The van der Waals surface area contributed by atoms with Crippen molar-refractivity contribution in [3.05, 3.63) is 23.7 Å². The highest BCUT2D eigenvalue weighted by molar-refractivity contribution is 7.99. The molecule has 1 amide bonds. The number of furan rings is 1. The van der Waals surface area contributed by atoms with Crippen molar-refractivity contribution in [3.63, 3.8) is 0 Å². The van der Waals surface area contributed by atoms with E-state index in [1.54, 1.807) is 11.8 Å². The van der Waals surface area contributed by atoms with E-state index in [2.05, 4.69) is 18.7 Å². The first-order chi connectivity index (χ1) is 12.0. The average molecular weight is 368 g/mol. The summed E-state index contributed by atoms with van der Waals surface area (Å²) in [7, 11) is 0. The molecule has 0 aliphatic carbocycles. The van der Waals surface area contributed by atoms with Gasteiger partial charge in [-0.2, -0.15) is 0 Å². The summed E-state index contributed by atoms with van der Waals surface area (Å²) in [6, 6.07) is 3.69. The minimum atomic E-state index is -0.335. The zero-order chi connectivity index (χ0) is 18.2. The molecule has 0 spiro atoms. The zero-order valence-corrected chi connectivity index (χ0v) is 16.1. The molecular formula is C18H28N2O4S. The molecule has 1 aliphatic rings. The van der Waals surface area contributed by atoms with Crippen LogP contribution in [0.25, 0.3) is 0 Å². The maximum atomic E-state index is 12.4. The van der Waals surface area contributed by atoms with Crippen LogP contribution in [0.2, 0.25) is 0 Å². The number of esters is 1. The van der Waals surface area contributed by atoms with Gasteiger partial charge in [0, 0.05) is 25.6 Å². The summed E-state index contributed by atoms with van der Waals surface area (Å²) in [5.74, 6) is 2.00. The second kappa shape index (κ2) is 9.87. The molecule has 1 saturated heterocycles. The van der Waals surface area contributed by atoms with E-state index in [1.165, 1.54) is 6.92 Å². The van der Waals surface area contributed by atoms with Crippen molar-refractivity contribution < 1.29 is 18.7 Å². The molecule has 6 nitrogen and oxygen atoms in total. The van der Waals surface area contributed by atoms with Crippen molar-refractivity contribution in [1.29, 1.82) is 0 Å². The lowest BCUT2D eigenvalue weighted by molar-refractivity contribution is -0.142. The maximum absolute atomic E-state index is 12.4. The highest BCUT2D eigenvalue weighted by atomic mass is 32.2. The molecular weight excluding hydrogens is 340 g/mol. The molecule has 25 heavy (non-hydrogen) atoms. The van der Waals surface area contributed by atoms with Crippen molar-refractivity contribution >= 4 is 23.6 Å². The Labute approximate surface area is 153 Å². The van der Waals surface area contributed by atoms with Crippen LogP contribution in [0.3, 0.4) is 0 Å². The van der Waals surface area contributed by atoms with Crippen LogP contribution in [0.1, 0.15) is 50.5 Å². The minimum absolute atomic E-state index is 0.0935. The van der Waals surface area contributed by atoms with Crippen LogP contribution < -0.4 is 0 Å². The molecule has 1 atom stereocenters. The van der Waals surface area contributed by atoms with Crippen molar-refractivity contribution in [3.8, 4) is 0 Å². The first-order valence-corrected chi connectivity index (χ1v) is 9.95. The fraction of sp³-hybridized carbons (Fsp3) is 0.667. The number of ether oxygens (including phenoxy) is 1. The van der Waals surface area contributed by atoms with Crippen LogP contribution in [-0.4, -0.2) is 53.6 Å². The summed E-state index contributed by atoms with van der Waals surface area (Å²) < 4.78 is 10.8. The summed E-state index contributed by atoms with van der Waals surface area (Å²) in [5.41, 5.74) is 0. The van der Waals surface area contributed by atoms with Gasteiger partial charge < -0.3 is 19.0 Å². The van der Waals surface area contributed by atoms with Gasteiger partial charge in [0.2, 0.25) is 5.91 Å². The molecule has 1 aromatic rings. The molecule has 2 rings (SSSR count). The fourth-order valence-corrected chi connectivity index (χ4v) is 4.09. The summed E-state index contributed by atoms with van der Waals surface area (Å²) in [6.07, 6.45) is 1.53. The quantitative estimate of drug-likeness (QED) is 0.624. The largest absolute Gasteiger partial charge is 0.459 e. The minimum Gasteiger partial charge on any atom is -0.459 e. The van der Waals surface area contributed by atoms with E-state index in [0.717, 1.165) is 44.1 Å². The van der Waals surface area contributed by atoms with Crippen LogP contribution in [0.4, 0.5) is 0 Å². The molecule has 0 N–H and O–H groups in total.